The Bertz CT molecular complexity index is 1850. The van der Waals surface area contributed by atoms with Gasteiger partial charge in [-0.3, -0.25) is 33.6 Å². The van der Waals surface area contributed by atoms with Crippen LogP contribution in [0.15, 0.2) is 24.3 Å². The van der Waals surface area contributed by atoms with Gasteiger partial charge >= 0.3 is 0 Å². The minimum Gasteiger partial charge on any atom is -0.508 e. The number of phenolic OH excluding ortho intramolecular Hbond substituents is 1. The van der Waals surface area contributed by atoms with Gasteiger partial charge in [-0.25, -0.2) is 0 Å². The van der Waals surface area contributed by atoms with Crippen molar-refractivity contribution in [2.75, 3.05) is 46.3 Å². The third kappa shape index (κ3) is 23.0. The number of aryl methyl sites for hydroxylation is 1. The van der Waals surface area contributed by atoms with Gasteiger partial charge in [-0.05, 0) is 127 Å². The lowest BCUT2D eigenvalue weighted by atomic mass is 9.91. The lowest BCUT2D eigenvalue weighted by molar-refractivity contribution is -0.143. The van der Waals surface area contributed by atoms with Crippen LogP contribution in [0.2, 0.25) is 0 Å². The van der Waals surface area contributed by atoms with E-state index in [1.54, 1.807) is 36.1 Å². The van der Waals surface area contributed by atoms with Crippen molar-refractivity contribution in [3.63, 3.8) is 0 Å². The molecule has 8 unspecified atom stereocenters. The average Bonchev–Trinajstić information content (AvgIpc) is 4.09. The molecule has 3 saturated heterocycles. The summed E-state index contributed by atoms with van der Waals surface area (Å²) in [5, 5.41) is 30.8. The Morgan fingerprint density at radius 3 is 1.92 bits per heavy atom. The van der Waals surface area contributed by atoms with E-state index < -0.39 is 59.9 Å². The number of phenols is 1. The van der Waals surface area contributed by atoms with Crippen molar-refractivity contribution in [3.05, 3.63) is 29.8 Å². The summed E-state index contributed by atoms with van der Waals surface area (Å²) in [5.41, 5.74) is 5.90. The first-order valence-electron chi connectivity index (χ1n) is 28.5. The summed E-state index contributed by atoms with van der Waals surface area (Å²) in [4.78, 5) is 102. The molecule has 74 heavy (non-hydrogen) atoms. The standard InChI is InChI=1S/C53H88N8O8.C3H10N2/c1-7-37(5)35-38(6)19-13-11-9-10-12-14-24-47(63)56-42-20-15-32-55-50(66)45-22-17-33-60(45)53(69)44(21-16-31-54-36(3)4)59-49(65)43(30-27-39-25-28-40(62)29-26-39)58-51(67)46-23-18-34-61(46)52(68)41(8-2)57-48(42)64;1-5-3-2-4/h25-26,28-29,36-38,41-46,54,62H,7-24,27,30-35H2,1-6H3,(H,55,66)(H,56,63)(H,57,64)(H,58,67)(H,59,65);5H,2-4H2,1H3. The van der Waals surface area contributed by atoms with Gasteiger partial charge in [0.15, 0.2) is 0 Å². The monoisotopic (exact) mass is 1040 g/mol. The number of hydrogen-bond donors (Lipinski definition) is 9. The Morgan fingerprint density at radius 2 is 1.31 bits per heavy atom. The minimum absolute atomic E-state index is 0.0948. The van der Waals surface area contributed by atoms with E-state index in [2.05, 4.69) is 58.0 Å². The van der Waals surface area contributed by atoms with Crippen LogP contribution >= 0.6 is 0 Å². The molecule has 3 fully saturated rings. The van der Waals surface area contributed by atoms with Gasteiger partial charge in [0.1, 0.15) is 42.0 Å². The second-order valence-electron chi connectivity index (χ2n) is 21.4. The lowest BCUT2D eigenvalue weighted by Crippen LogP contribution is -2.59. The molecule has 8 atom stereocenters. The highest BCUT2D eigenvalue weighted by Crippen LogP contribution is 2.24. The topological polar surface area (TPSA) is 256 Å². The molecular formula is C56H98N10O8. The predicted molar refractivity (Wildman–Crippen MR) is 292 cm³/mol. The van der Waals surface area contributed by atoms with E-state index >= 15 is 0 Å². The quantitative estimate of drug-likeness (QED) is 0.0642. The summed E-state index contributed by atoms with van der Waals surface area (Å²) in [5.74, 6) is -1.38. The summed E-state index contributed by atoms with van der Waals surface area (Å²) in [7, 11) is 1.88. The highest BCUT2D eigenvalue weighted by Gasteiger charge is 2.41. The Hall–Kier alpha value is -4.81. The molecule has 0 aromatic heterocycles. The number of carbonyl (C=O) groups is 7. The number of carbonyl (C=O) groups excluding carboxylic acids is 7. The molecule has 0 saturated carbocycles. The molecule has 0 bridgehead atoms. The first-order chi connectivity index (χ1) is 35.5. The lowest BCUT2D eigenvalue weighted by Gasteiger charge is -2.31. The Morgan fingerprint density at radius 1 is 0.703 bits per heavy atom. The Labute approximate surface area is 443 Å². The summed E-state index contributed by atoms with van der Waals surface area (Å²) < 4.78 is 0. The van der Waals surface area contributed by atoms with Crippen molar-refractivity contribution >= 4 is 41.4 Å². The van der Waals surface area contributed by atoms with Crippen LogP contribution in [0.5, 0.6) is 5.75 Å². The van der Waals surface area contributed by atoms with Gasteiger partial charge < -0.3 is 57.9 Å². The summed E-state index contributed by atoms with van der Waals surface area (Å²) in [6.45, 7) is 15.8. The molecule has 10 N–H and O–H groups in total. The molecule has 0 radical (unpaired) electrons. The maximum atomic E-state index is 14.5. The van der Waals surface area contributed by atoms with Gasteiger partial charge in [-0.15, -0.1) is 0 Å². The number of nitrogens with two attached hydrogens (primary N) is 1. The van der Waals surface area contributed by atoms with Crippen LogP contribution < -0.4 is 43.0 Å². The molecule has 3 aliphatic rings. The number of hydrogen-bond acceptors (Lipinski definition) is 11. The number of rotatable bonds is 24. The highest BCUT2D eigenvalue weighted by molar-refractivity contribution is 5.97. The van der Waals surface area contributed by atoms with Gasteiger partial charge in [0.05, 0.1) is 0 Å². The Balaban J connectivity index is 0.00000275. The van der Waals surface area contributed by atoms with E-state index in [-0.39, 0.29) is 68.3 Å². The van der Waals surface area contributed by atoms with Gasteiger partial charge in [-0.2, -0.15) is 0 Å². The molecule has 0 spiro atoms. The van der Waals surface area contributed by atoms with E-state index in [1.165, 1.54) is 37.0 Å². The van der Waals surface area contributed by atoms with Gasteiger partial charge in [0.25, 0.3) is 0 Å². The van der Waals surface area contributed by atoms with Crippen LogP contribution in [0.1, 0.15) is 176 Å². The van der Waals surface area contributed by atoms with Crippen LogP contribution in [0.25, 0.3) is 0 Å². The highest BCUT2D eigenvalue weighted by atomic mass is 16.3. The fourth-order valence-electron chi connectivity index (χ4n) is 10.1. The zero-order valence-electron chi connectivity index (χ0n) is 46.4. The zero-order valence-corrected chi connectivity index (χ0v) is 46.4. The average molecular weight is 1040 g/mol. The van der Waals surface area contributed by atoms with Crippen molar-refractivity contribution in [2.45, 2.75) is 219 Å². The SMILES string of the molecule is CCC(C)CC(C)CCCCCCCCC(=O)NC1CCCNC(=O)C2CCCN2C(=O)C(CCCNC(C)C)NC(=O)C(CCc2ccc(O)cc2)NC(=O)C2CCCN2C(=O)C(CC)NC1=O.CNCCN. The third-order valence-corrected chi connectivity index (χ3v) is 14.7. The Kier molecular flexibility index (Phi) is 30.4. The molecule has 1 aromatic rings. The van der Waals surface area contributed by atoms with E-state index in [4.69, 9.17) is 5.73 Å². The van der Waals surface area contributed by atoms with Crippen LogP contribution in [0.4, 0.5) is 0 Å². The van der Waals surface area contributed by atoms with E-state index in [0.29, 0.717) is 70.9 Å². The number of nitrogens with zero attached hydrogens (tertiary/aromatic N) is 2. The number of aromatic hydroxyl groups is 1. The number of likely N-dealkylation sites (N-methyl/N-ethyl adjacent to an activating group) is 1. The fraction of sp³-hybridized carbons (Fsp3) is 0.768. The van der Waals surface area contributed by atoms with Crippen LogP contribution in [-0.2, 0) is 40.0 Å². The molecule has 420 valence electrons. The molecule has 7 amide bonds. The first kappa shape index (κ1) is 63.5. The van der Waals surface area contributed by atoms with Gasteiger partial charge in [0.2, 0.25) is 41.4 Å². The zero-order chi connectivity index (χ0) is 54.4. The second-order valence-corrected chi connectivity index (χ2v) is 21.4. The summed E-state index contributed by atoms with van der Waals surface area (Å²) in [6.07, 6.45) is 14.3. The maximum Gasteiger partial charge on any atom is 0.245 e. The van der Waals surface area contributed by atoms with Crippen molar-refractivity contribution < 1.29 is 38.7 Å². The van der Waals surface area contributed by atoms with Crippen molar-refractivity contribution in [3.8, 4) is 5.75 Å². The van der Waals surface area contributed by atoms with E-state index in [0.717, 1.165) is 49.8 Å². The third-order valence-electron chi connectivity index (χ3n) is 14.7. The normalized spacial score (nSPS) is 23.3. The fourth-order valence-corrected chi connectivity index (χ4v) is 10.1. The number of amides is 7. The molecule has 0 aliphatic carbocycles. The first-order valence-corrected chi connectivity index (χ1v) is 28.5. The van der Waals surface area contributed by atoms with Crippen LogP contribution in [0.3, 0.4) is 0 Å². The number of benzene rings is 1. The maximum absolute atomic E-state index is 14.5. The predicted octanol–water partition coefficient (Wildman–Crippen LogP) is 4.70. The van der Waals surface area contributed by atoms with E-state index in [9.17, 15) is 38.7 Å². The summed E-state index contributed by atoms with van der Waals surface area (Å²) >= 11 is 0. The summed E-state index contributed by atoms with van der Waals surface area (Å²) in [6, 6.07) is 1.11. The molecule has 3 heterocycles. The molecule has 3 aliphatic heterocycles. The molecule has 1 aromatic carbocycles. The van der Waals surface area contributed by atoms with Crippen molar-refractivity contribution in [1.29, 1.82) is 0 Å². The number of nitrogens with one attached hydrogen (secondary N) is 7. The van der Waals surface area contributed by atoms with Crippen molar-refractivity contribution in [2.24, 2.45) is 17.6 Å². The van der Waals surface area contributed by atoms with Gasteiger partial charge in [0, 0.05) is 45.2 Å². The van der Waals surface area contributed by atoms with Crippen LogP contribution in [-0.4, -0.2) is 145 Å². The van der Waals surface area contributed by atoms with E-state index in [1.807, 2.05) is 20.9 Å². The molecular weight excluding hydrogens is 941 g/mol. The van der Waals surface area contributed by atoms with Crippen molar-refractivity contribution in [1.82, 2.24) is 47.0 Å². The minimum atomic E-state index is -1.09. The molecule has 18 nitrogen and oxygen atoms in total. The number of fused-ring (bicyclic) bond motifs is 2. The van der Waals surface area contributed by atoms with Gasteiger partial charge in [-0.1, -0.05) is 98.6 Å². The smallest absolute Gasteiger partial charge is 0.245 e. The molecule has 4 rings (SSSR count). The van der Waals surface area contributed by atoms with Crippen LogP contribution in [0, 0.1) is 11.8 Å². The molecule has 18 heteroatoms. The largest absolute Gasteiger partial charge is 0.508 e. The number of unbranched alkanes of at least 4 members (excludes halogenated alkanes) is 5. The second kappa shape index (κ2) is 35.4.